The highest BCUT2D eigenvalue weighted by Gasteiger charge is 2.39. The smallest absolute Gasteiger partial charge is 0.309 e. The van der Waals surface area contributed by atoms with Crippen molar-refractivity contribution in [1.82, 2.24) is 25.4 Å². The van der Waals surface area contributed by atoms with Crippen molar-refractivity contribution in [3.8, 4) is 5.75 Å². The fourth-order valence-corrected chi connectivity index (χ4v) is 8.58. The molecule has 1 aliphatic heterocycles. The van der Waals surface area contributed by atoms with Gasteiger partial charge in [0.2, 0.25) is 11.8 Å². The maximum Gasteiger partial charge on any atom is 0.309 e. The molecule has 330 valence electrons. The molecule has 2 unspecified atom stereocenters. The van der Waals surface area contributed by atoms with Gasteiger partial charge in [0.05, 0.1) is 17.1 Å². The van der Waals surface area contributed by atoms with Crippen LogP contribution in [-0.2, 0) is 30.3 Å². The van der Waals surface area contributed by atoms with Crippen LogP contribution in [0, 0.1) is 17.3 Å². The summed E-state index contributed by atoms with van der Waals surface area (Å²) >= 11 is 1.17. The average molecular weight is 843 g/mol. The lowest BCUT2D eigenvalue weighted by Gasteiger charge is -2.40. The summed E-state index contributed by atoms with van der Waals surface area (Å²) in [7, 11) is 1.95. The number of ether oxygens (including phenoxy) is 1. The Morgan fingerprint density at radius 3 is 2.39 bits per heavy atom. The molecule has 0 radical (unpaired) electrons. The van der Waals surface area contributed by atoms with Crippen LogP contribution in [0.15, 0.2) is 23.6 Å². The Morgan fingerprint density at radius 1 is 1.08 bits per heavy atom. The largest absolute Gasteiger partial charge is 0.506 e. The van der Waals surface area contributed by atoms with Crippen LogP contribution < -0.4 is 16.4 Å². The number of aromatic nitrogens is 1. The molecule has 2 heterocycles. The highest BCUT2D eigenvalue weighted by Crippen LogP contribution is 2.33. The maximum atomic E-state index is 14.9. The molecule has 2 aromatic rings. The first kappa shape index (κ1) is 49.1. The lowest BCUT2D eigenvalue weighted by Crippen LogP contribution is -2.59. The number of anilines is 1. The highest BCUT2D eigenvalue weighted by atomic mass is 32.1. The number of likely N-dealkylation sites (tertiary alicyclic amines) is 1. The number of hydrogen-bond acceptors (Lipinski definition) is 11. The van der Waals surface area contributed by atoms with E-state index in [9.17, 15) is 34.2 Å². The van der Waals surface area contributed by atoms with Crippen molar-refractivity contribution in [2.45, 2.75) is 156 Å². The van der Waals surface area contributed by atoms with Crippen molar-refractivity contribution < 1.29 is 38.9 Å². The number of aromatic hydroxyl groups is 1. The van der Waals surface area contributed by atoms with Crippen LogP contribution in [0.25, 0.3) is 0 Å². The predicted molar refractivity (Wildman–Crippen MR) is 231 cm³/mol. The number of phenolic OH excluding ortho intramolecular Hbond substituents is 1. The number of amides is 3. The van der Waals surface area contributed by atoms with E-state index in [1.54, 1.807) is 31.4 Å². The Balaban J connectivity index is 1.95. The molecule has 59 heavy (non-hydrogen) atoms. The van der Waals surface area contributed by atoms with Gasteiger partial charge in [0, 0.05) is 37.4 Å². The molecular weight excluding hydrogens is 773 g/mol. The first-order valence-corrected chi connectivity index (χ1v) is 22.2. The zero-order chi connectivity index (χ0) is 44.0. The number of benzene rings is 1. The number of hydrogen-bond donors (Lipinski definition) is 5. The second-order valence-corrected chi connectivity index (χ2v) is 18.2. The first-order chi connectivity index (χ1) is 27.8. The maximum absolute atomic E-state index is 14.9. The summed E-state index contributed by atoms with van der Waals surface area (Å²) in [5.41, 5.74) is 5.69. The van der Waals surface area contributed by atoms with Crippen LogP contribution in [0.2, 0.25) is 0 Å². The summed E-state index contributed by atoms with van der Waals surface area (Å²) in [4.78, 5) is 75.7. The summed E-state index contributed by atoms with van der Waals surface area (Å²) in [5.74, 6) is -2.66. The van der Waals surface area contributed by atoms with Gasteiger partial charge in [0.15, 0.2) is 6.10 Å². The van der Waals surface area contributed by atoms with Crippen LogP contribution in [0.1, 0.15) is 147 Å². The quantitative estimate of drug-likeness (QED) is 0.0344. The van der Waals surface area contributed by atoms with Gasteiger partial charge in [-0.3, -0.25) is 28.9 Å². The number of phenols is 1. The first-order valence-electron chi connectivity index (χ1n) is 21.3. The summed E-state index contributed by atoms with van der Waals surface area (Å²) in [6.07, 6.45) is 6.84. The molecular formula is C44H70N6O8S. The Labute approximate surface area is 355 Å². The fraction of sp³-hybridized carbons (Fsp3) is 0.682. The lowest BCUT2D eigenvalue weighted by molar-refractivity contribution is -0.150. The number of nitrogen functional groups attached to an aromatic ring is 1. The van der Waals surface area contributed by atoms with Crippen LogP contribution in [0.4, 0.5) is 5.69 Å². The van der Waals surface area contributed by atoms with Gasteiger partial charge >= 0.3 is 11.9 Å². The molecule has 1 aromatic carbocycles. The molecule has 1 aromatic heterocycles. The number of carbonyl (C=O) groups is 5. The number of nitrogens with one attached hydrogen (secondary N) is 2. The van der Waals surface area contributed by atoms with E-state index < -0.39 is 47.5 Å². The Morgan fingerprint density at radius 2 is 1.80 bits per heavy atom. The molecule has 0 spiro atoms. The number of nitrogens with zero attached hydrogens (tertiary/aromatic N) is 3. The fourth-order valence-electron chi connectivity index (χ4n) is 7.74. The van der Waals surface area contributed by atoms with Crippen LogP contribution in [-0.4, -0.2) is 99.0 Å². The van der Waals surface area contributed by atoms with Gasteiger partial charge in [-0.05, 0) is 89.1 Å². The van der Waals surface area contributed by atoms with Crippen molar-refractivity contribution >= 4 is 46.7 Å². The molecule has 1 saturated heterocycles. The predicted octanol–water partition coefficient (Wildman–Crippen LogP) is 6.72. The van der Waals surface area contributed by atoms with E-state index in [0.29, 0.717) is 23.5 Å². The second-order valence-electron chi connectivity index (χ2n) is 17.3. The minimum Gasteiger partial charge on any atom is -0.506 e. The normalized spacial score (nSPS) is 17.4. The van der Waals surface area contributed by atoms with Gasteiger partial charge in [0.25, 0.3) is 5.91 Å². The average Bonchev–Trinajstić information content (AvgIpc) is 3.67. The number of carbonyl (C=O) groups excluding carboxylic acids is 4. The molecule has 0 bridgehead atoms. The SMILES string of the molecule is CCCCCCN(C(=O)[C@@H](NC(=O)C1CCCCN1C)[C@@H](C)CC)[C@H](C[C@@H](OC(C)=O)c1nc(C(=O)NC(Cc2ccc(O)c(N)c2)CC(C)(C)C(=O)O)cs1)C(C)C. The van der Waals surface area contributed by atoms with Gasteiger partial charge in [-0.25, -0.2) is 4.98 Å². The number of likely N-dealkylation sites (N-methyl/N-ethyl adjacent to an activating group) is 1. The van der Waals surface area contributed by atoms with E-state index in [1.165, 1.54) is 24.3 Å². The molecule has 3 amide bonds. The standard InChI is InChI=1S/C44H70N6O8S/c1-10-12-13-15-21-50(42(55)38(28(5)11-2)48-40(54)34-17-14-16-20-49(34)9)35(27(3)4)24-37(58-29(6)51)41-47-33(26-59-41)39(53)46-31(25-44(7,8)43(56)57)22-30-18-19-36(52)32(45)23-30/h18-19,23,26-28,31,34-35,37-38,52H,10-17,20-22,24-25,45H2,1-9H3,(H,46,53)(H,48,54)(H,56,57)/t28-,31?,34?,35+,37+,38-/m0/s1. The van der Waals surface area contributed by atoms with Crippen LogP contribution in [0.3, 0.4) is 0 Å². The van der Waals surface area contributed by atoms with Crippen molar-refractivity contribution in [2.24, 2.45) is 17.3 Å². The van der Waals surface area contributed by atoms with Gasteiger partial charge in [-0.1, -0.05) is 72.8 Å². The summed E-state index contributed by atoms with van der Waals surface area (Å²) in [5, 5.41) is 27.9. The van der Waals surface area contributed by atoms with E-state index >= 15 is 0 Å². The molecule has 6 N–H and O–H groups in total. The zero-order valence-electron chi connectivity index (χ0n) is 36.7. The number of unbranched alkanes of at least 4 members (excludes halogenated alkanes) is 3. The van der Waals surface area contributed by atoms with E-state index in [4.69, 9.17) is 10.5 Å². The third kappa shape index (κ3) is 14.5. The Kier molecular flexibility index (Phi) is 19.1. The van der Waals surface area contributed by atoms with E-state index in [2.05, 4.69) is 27.4 Å². The van der Waals surface area contributed by atoms with Crippen LogP contribution >= 0.6 is 11.3 Å². The van der Waals surface area contributed by atoms with E-state index in [0.717, 1.165) is 51.5 Å². The van der Waals surface area contributed by atoms with Gasteiger partial charge < -0.3 is 36.2 Å². The Hall–Kier alpha value is -4.24. The third-order valence-electron chi connectivity index (χ3n) is 11.6. The molecule has 14 nitrogen and oxygen atoms in total. The summed E-state index contributed by atoms with van der Waals surface area (Å²) in [6.45, 7) is 16.0. The van der Waals surface area contributed by atoms with Crippen molar-refractivity contribution in [3.63, 3.8) is 0 Å². The topological polar surface area (TPSA) is 204 Å². The van der Waals surface area contributed by atoms with Crippen LogP contribution in [0.5, 0.6) is 5.75 Å². The van der Waals surface area contributed by atoms with Crippen molar-refractivity contribution in [1.29, 1.82) is 0 Å². The molecule has 1 fully saturated rings. The number of thiazole rings is 1. The number of nitrogens with two attached hydrogens (primary N) is 1. The van der Waals surface area contributed by atoms with E-state index in [1.807, 2.05) is 39.6 Å². The number of piperidine rings is 1. The van der Waals surface area contributed by atoms with Crippen molar-refractivity contribution in [2.75, 3.05) is 25.9 Å². The summed E-state index contributed by atoms with van der Waals surface area (Å²) < 4.78 is 5.91. The molecule has 15 heteroatoms. The van der Waals surface area contributed by atoms with Gasteiger partial charge in [0.1, 0.15) is 22.5 Å². The van der Waals surface area contributed by atoms with Gasteiger partial charge in [-0.15, -0.1) is 11.3 Å². The van der Waals surface area contributed by atoms with Crippen molar-refractivity contribution in [3.05, 3.63) is 39.8 Å². The number of carboxylic acids is 1. The highest BCUT2D eigenvalue weighted by molar-refractivity contribution is 7.09. The minimum atomic E-state index is -1.18. The number of aliphatic carboxylic acids is 1. The number of rotatable bonds is 23. The third-order valence-corrected chi connectivity index (χ3v) is 12.5. The number of esters is 1. The molecule has 0 saturated carbocycles. The molecule has 3 rings (SSSR count). The lowest BCUT2D eigenvalue weighted by atomic mass is 9.84. The number of carboxylic acid groups (broad SMARTS) is 1. The monoisotopic (exact) mass is 842 g/mol. The minimum absolute atomic E-state index is 0.0732. The molecule has 0 aliphatic carbocycles. The summed E-state index contributed by atoms with van der Waals surface area (Å²) in [6, 6.07) is 2.63. The zero-order valence-corrected chi connectivity index (χ0v) is 37.5. The Bertz CT molecular complexity index is 1720. The van der Waals surface area contributed by atoms with Gasteiger partial charge in [-0.2, -0.15) is 0 Å². The second kappa shape index (κ2) is 22.9. The molecule has 1 aliphatic rings. The molecule has 6 atom stereocenters. The van der Waals surface area contributed by atoms with E-state index in [-0.39, 0.29) is 66.1 Å².